The number of hydrogen-bond acceptors (Lipinski definition) is 4. The Morgan fingerprint density at radius 1 is 0.968 bits per heavy atom. The minimum Gasteiger partial charge on any atom is -0.493 e. The van der Waals surface area contributed by atoms with Gasteiger partial charge in [-0.25, -0.2) is 5.01 Å². The molecular weight excluding hydrogens is 460 g/mol. The van der Waals surface area contributed by atoms with Crippen LogP contribution in [0.4, 0.5) is 5.69 Å². The Kier molecular flexibility index (Phi) is 6.04. The molecule has 0 radical (unpaired) electrons. The number of carbonyl (C=O) groups is 2. The molecule has 4 rings (SSSR count). The largest absolute Gasteiger partial charge is 0.493 e. The van der Waals surface area contributed by atoms with Crippen LogP contribution in [0.2, 0.25) is 0 Å². The molecule has 0 atom stereocenters. The number of nitrogens with one attached hydrogen (secondary N) is 1. The molecule has 0 bridgehead atoms. The van der Waals surface area contributed by atoms with Crippen LogP contribution in [0.1, 0.15) is 11.1 Å². The molecule has 7 heteroatoms. The second-order valence-corrected chi connectivity index (χ2v) is 7.72. The number of carbonyl (C=O) groups excluding carboxylic acids is 2. The number of halogens is 1. The summed E-state index contributed by atoms with van der Waals surface area (Å²) in [7, 11) is 1.55. The number of ether oxygens (including phenoxy) is 2. The minimum atomic E-state index is -0.464. The van der Waals surface area contributed by atoms with Crippen LogP contribution in [0.3, 0.4) is 0 Å². The van der Waals surface area contributed by atoms with E-state index >= 15 is 0 Å². The van der Waals surface area contributed by atoms with Crippen molar-refractivity contribution in [1.82, 2.24) is 5.43 Å². The van der Waals surface area contributed by atoms with Gasteiger partial charge >= 0.3 is 0 Å². The highest BCUT2D eigenvalue weighted by molar-refractivity contribution is 9.10. The molecule has 0 spiro atoms. The molecule has 0 saturated carbocycles. The molecule has 1 heterocycles. The lowest BCUT2D eigenvalue weighted by Crippen LogP contribution is -2.35. The van der Waals surface area contributed by atoms with E-state index in [0.717, 1.165) is 10.0 Å². The van der Waals surface area contributed by atoms with Crippen LogP contribution in [0.15, 0.2) is 82.8 Å². The summed E-state index contributed by atoms with van der Waals surface area (Å²) in [6.45, 7) is 0.403. The van der Waals surface area contributed by atoms with Crippen LogP contribution >= 0.6 is 15.9 Å². The van der Waals surface area contributed by atoms with Gasteiger partial charge in [0.2, 0.25) is 0 Å². The van der Waals surface area contributed by atoms with Crippen LogP contribution in [0.25, 0.3) is 6.08 Å². The molecule has 1 aliphatic rings. The van der Waals surface area contributed by atoms with Crippen molar-refractivity contribution in [2.45, 2.75) is 6.61 Å². The number of benzene rings is 3. The van der Waals surface area contributed by atoms with Gasteiger partial charge in [-0.3, -0.25) is 15.0 Å². The van der Waals surface area contributed by atoms with Crippen molar-refractivity contribution in [2.75, 3.05) is 12.1 Å². The molecule has 1 N–H and O–H groups in total. The molecule has 2 amide bonds. The van der Waals surface area contributed by atoms with E-state index in [1.54, 1.807) is 49.6 Å². The molecule has 3 aromatic carbocycles. The zero-order valence-electron chi connectivity index (χ0n) is 16.7. The summed E-state index contributed by atoms with van der Waals surface area (Å²) in [4.78, 5) is 25.2. The number of anilines is 1. The van der Waals surface area contributed by atoms with E-state index in [1.807, 2.05) is 36.4 Å². The maximum absolute atomic E-state index is 12.8. The first kappa shape index (κ1) is 20.7. The van der Waals surface area contributed by atoms with Gasteiger partial charge < -0.3 is 9.47 Å². The van der Waals surface area contributed by atoms with Crippen LogP contribution in [0.5, 0.6) is 11.5 Å². The number of hydrogen-bond donors (Lipinski definition) is 1. The lowest BCUT2D eigenvalue weighted by atomic mass is 10.1. The lowest BCUT2D eigenvalue weighted by Gasteiger charge is -2.14. The van der Waals surface area contributed by atoms with Gasteiger partial charge in [0.1, 0.15) is 12.2 Å². The molecule has 31 heavy (non-hydrogen) atoms. The monoisotopic (exact) mass is 478 g/mol. The summed E-state index contributed by atoms with van der Waals surface area (Å²) in [6.07, 6.45) is 1.54. The molecule has 0 unspecified atom stereocenters. The Morgan fingerprint density at radius 3 is 2.52 bits per heavy atom. The van der Waals surface area contributed by atoms with Gasteiger partial charge in [0, 0.05) is 4.47 Å². The van der Waals surface area contributed by atoms with Gasteiger partial charge in [-0.1, -0.05) is 58.4 Å². The van der Waals surface area contributed by atoms with Crippen molar-refractivity contribution in [3.8, 4) is 11.5 Å². The Bertz CT molecular complexity index is 1160. The smallest absolute Gasteiger partial charge is 0.282 e. The molecule has 0 aliphatic carbocycles. The van der Waals surface area contributed by atoms with E-state index in [0.29, 0.717) is 29.4 Å². The molecule has 1 fully saturated rings. The predicted octanol–water partition coefficient (Wildman–Crippen LogP) is 4.50. The summed E-state index contributed by atoms with van der Waals surface area (Å²) >= 11 is 3.37. The third kappa shape index (κ3) is 4.62. The zero-order chi connectivity index (χ0) is 21.8. The fourth-order valence-electron chi connectivity index (χ4n) is 3.15. The maximum Gasteiger partial charge on any atom is 0.282 e. The second-order valence-electron chi connectivity index (χ2n) is 6.80. The van der Waals surface area contributed by atoms with E-state index in [2.05, 4.69) is 21.4 Å². The summed E-state index contributed by atoms with van der Waals surface area (Å²) in [6, 6.07) is 22.2. The van der Waals surface area contributed by atoms with Crippen LogP contribution in [0, 0.1) is 0 Å². The first-order valence-electron chi connectivity index (χ1n) is 9.52. The van der Waals surface area contributed by atoms with Crippen molar-refractivity contribution in [3.05, 3.63) is 94.0 Å². The van der Waals surface area contributed by atoms with Crippen LogP contribution in [-0.4, -0.2) is 18.9 Å². The molecule has 156 valence electrons. The first-order valence-corrected chi connectivity index (χ1v) is 10.3. The fourth-order valence-corrected chi connectivity index (χ4v) is 3.54. The maximum atomic E-state index is 12.8. The van der Waals surface area contributed by atoms with Crippen molar-refractivity contribution in [2.24, 2.45) is 0 Å². The first-order chi connectivity index (χ1) is 15.0. The average molecular weight is 479 g/mol. The highest BCUT2D eigenvalue weighted by Gasteiger charge is 2.34. The van der Waals surface area contributed by atoms with Crippen LogP contribution in [-0.2, 0) is 16.2 Å². The summed E-state index contributed by atoms with van der Waals surface area (Å²) in [5.74, 6) is 0.200. The highest BCUT2D eigenvalue weighted by Crippen LogP contribution is 2.31. The normalized spacial score (nSPS) is 14.6. The van der Waals surface area contributed by atoms with Crippen molar-refractivity contribution < 1.29 is 19.1 Å². The van der Waals surface area contributed by atoms with E-state index < -0.39 is 11.8 Å². The number of methoxy groups -OCH3 is 1. The quantitative estimate of drug-likeness (QED) is 0.418. The minimum absolute atomic E-state index is 0.0417. The second kappa shape index (κ2) is 9.06. The number of rotatable bonds is 6. The van der Waals surface area contributed by atoms with Crippen LogP contribution < -0.4 is 19.9 Å². The Morgan fingerprint density at radius 2 is 1.77 bits per heavy atom. The lowest BCUT2D eigenvalue weighted by molar-refractivity contribution is -0.117. The Balaban J connectivity index is 1.55. The van der Waals surface area contributed by atoms with Gasteiger partial charge in [-0.2, -0.15) is 0 Å². The Hall–Kier alpha value is -3.58. The van der Waals surface area contributed by atoms with Gasteiger partial charge in [0.15, 0.2) is 11.5 Å². The molecule has 6 nitrogen and oxygen atoms in total. The SMILES string of the molecule is COc1cc(/C=C2/C(=O)NN(c3cccc(Br)c3)C2=O)ccc1OCc1ccccc1. The van der Waals surface area contributed by atoms with Gasteiger partial charge in [-0.05, 0) is 47.5 Å². The van der Waals surface area contributed by atoms with Crippen molar-refractivity contribution in [3.63, 3.8) is 0 Å². The van der Waals surface area contributed by atoms with E-state index in [4.69, 9.17) is 9.47 Å². The van der Waals surface area contributed by atoms with E-state index in [-0.39, 0.29) is 5.57 Å². The van der Waals surface area contributed by atoms with Gasteiger partial charge in [0.05, 0.1) is 12.8 Å². The Labute approximate surface area is 188 Å². The summed E-state index contributed by atoms with van der Waals surface area (Å²) < 4.78 is 12.1. The topological polar surface area (TPSA) is 67.9 Å². The van der Waals surface area contributed by atoms with Gasteiger partial charge in [-0.15, -0.1) is 0 Å². The zero-order valence-corrected chi connectivity index (χ0v) is 18.3. The fraction of sp³-hybridized carbons (Fsp3) is 0.0833. The third-order valence-electron chi connectivity index (χ3n) is 4.69. The third-order valence-corrected chi connectivity index (χ3v) is 5.19. The van der Waals surface area contributed by atoms with E-state index in [9.17, 15) is 9.59 Å². The van der Waals surface area contributed by atoms with Crippen molar-refractivity contribution >= 4 is 39.5 Å². The highest BCUT2D eigenvalue weighted by atomic mass is 79.9. The number of nitrogens with zero attached hydrogens (tertiary/aromatic N) is 1. The summed E-state index contributed by atoms with van der Waals surface area (Å²) in [5.41, 5.74) is 4.90. The standard InChI is InChI=1S/C24H19BrN2O4/c1-30-22-13-17(10-11-21(22)31-15-16-6-3-2-4-7-16)12-20-23(28)26-27(24(20)29)19-9-5-8-18(25)14-19/h2-14H,15H2,1H3,(H,26,28)/b20-12-. The molecule has 0 aromatic heterocycles. The average Bonchev–Trinajstić information content (AvgIpc) is 3.07. The van der Waals surface area contributed by atoms with Gasteiger partial charge in [0.25, 0.3) is 11.8 Å². The molecule has 1 aliphatic heterocycles. The predicted molar refractivity (Wildman–Crippen MR) is 122 cm³/mol. The van der Waals surface area contributed by atoms with E-state index in [1.165, 1.54) is 5.01 Å². The molecule has 3 aromatic rings. The molecular formula is C24H19BrN2O4. The summed E-state index contributed by atoms with van der Waals surface area (Å²) in [5, 5.41) is 1.23. The van der Waals surface area contributed by atoms with Crippen molar-refractivity contribution in [1.29, 1.82) is 0 Å². The number of amides is 2. The number of hydrazine groups is 1. The molecule has 1 saturated heterocycles.